The van der Waals surface area contributed by atoms with Gasteiger partial charge in [0.1, 0.15) is 5.75 Å². The van der Waals surface area contributed by atoms with Crippen molar-refractivity contribution in [1.29, 1.82) is 0 Å². The van der Waals surface area contributed by atoms with Crippen LogP contribution >= 0.6 is 0 Å². The molecule has 1 atom stereocenters. The molecule has 0 bridgehead atoms. The molecule has 0 aromatic heterocycles. The first-order valence-electron chi connectivity index (χ1n) is 17.7. The molecule has 9 heteroatoms. The topological polar surface area (TPSA) is 88.1 Å². The van der Waals surface area contributed by atoms with Crippen molar-refractivity contribution in [2.45, 2.75) is 117 Å². The lowest BCUT2D eigenvalue weighted by Gasteiger charge is -2.13. The summed E-state index contributed by atoms with van der Waals surface area (Å²) in [5.74, 6) is -4.25. The minimum atomic E-state index is -0.980. The summed E-state index contributed by atoms with van der Waals surface area (Å²) < 4.78 is 50.9. The normalized spacial score (nSPS) is 11.5. The second-order valence-electron chi connectivity index (χ2n) is 12.3. The van der Waals surface area contributed by atoms with E-state index in [4.69, 9.17) is 18.9 Å². The Morgan fingerprint density at radius 2 is 1.06 bits per heavy atom. The molecule has 3 aromatic rings. The maximum atomic E-state index is 14.8. The molecule has 0 N–H and O–H groups in total. The van der Waals surface area contributed by atoms with Crippen LogP contribution in [0, 0.1) is 11.6 Å². The molecular formula is C40H50F2O7. The van der Waals surface area contributed by atoms with Gasteiger partial charge in [0.25, 0.3) is 0 Å². The largest absolute Gasteiger partial charge is 0.491 e. The molecular weight excluding hydrogens is 630 g/mol. The van der Waals surface area contributed by atoms with Crippen molar-refractivity contribution in [3.05, 3.63) is 89.0 Å². The molecule has 7 nitrogen and oxygen atoms in total. The van der Waals surface area contributed by atoms with Crippen LogP contribution in [-0.4, -0.2) is 30.6 Å². The number of halogens is 2. The molecule has 0 aliphatic rings. The lowest BCUT2D eigenvalue weighted by molar-refractivity contribution is 0.0319. The molecule has 266 valence electrons. The maximum Gasteiger partial charge on any atom is 0.343 e. The zero-order chi connectivity index (χ0) is 35.4. The third kappa shape index (κ3) is 14.0. The van der Waals surface area contributed by atoms with E-state index >= 15 is 0 Å². The van der Waals surface area contributed by atoms with Crippen molar-refractivity contribution in [3.8, 4) is 17.2 Å². The summed E-state index contributed by atoms with van der Waals surface area (Å²) in [4.78, 5) is 37.7. The van der Waals surface area contributed by atoms with Crippen molar-refractivity contribution in [3.63, 3.8) is 0 Å². The van der Waals surface area contributed by atoms with Gasteiger partial charge in [-0.25, -0.2) is 23.2 Å². The first kappa shape index (κ1) is 39.2. The van der Waals surface area contributed by atoms with Gasteiger partial charge in [-0.15, -0.1) is 0 Å². The number of carbonyl (C=O) groups excluding carboxylic acids is 3. The predicted molar refractivity (Wildman–Crippen MR) is 186 cm³/mol. The van der Waals surface area contributed by atoms with E-state index in [9.17, 15) is 23.2 Å². The second-order valence-corrected chi connectivity index (χ2v) is 12.3. The van der Waals surface area contributed by atoms with Crippen LogP contribution in [0.15, 0.2) is 60.7 Å². The van der Waals surface area contributed by atoms with Gasteiger partial charge >= 0.3 is 17.9 Å². The number of ether oxygens (including phenoxy) is 4. The highest BCUT2D eigenvalue weighted by molar-refractivity contribution is 5.93. The summed E-state index contributed by atoms with van der Waals surface area (Å²) in [6.45, 7) is 6.57. The molecule has 0 amide bonds. The van der Waals surface area contributed by atoms with E-state index in [1.807, 2.05) is 6.92 Å². The van der Waals surface area contributed by atoms with Gasteiger partial charge in [-0.3, -0.25) is 0 Å². The number of hydrogen-bond acceptors (Lipinski definition) is 7. The van der Waals surface area contributed by atoms with Gasteiger partial charge in [-0.2, -0.15) is 0 Å². The van der Waals surface area contributed by atoms with Crippen LogP contribution in [0.3, 0.4) is 0 Å². The van der Waals surface area contributed by atoms with Crippen molar-refractivity contribution in [2.24, 2.45) is 0 Å². The van der Waals surface area contributed by atoms with E-state index in [2.05, 4.69) is 13.8 Å². The van der Waals surface area contributed by atoms with Gasteiger partial charge in [0.15, 0.2) is 23.1 Å². The van der Waals surface area contributed by atoms with Crippen molar-refractivity contribution in [2.75, 3.05) is 6.61 Å². The summed E-state index contributed by atoms with van der Waals surface area (Å²) in [5, 5.41) is 0. The molecule has 0 unspecified atom stereocenters. The van der Waals surface area contributed by atoms with E-state index in [0.717, 1.165) is 69.6 Å². The minimum Gasteiger partial charge on any atom is -0.491 e. The highest BCUT2D eigenvalue weighted by atomic mass is 19.1. The molecule has 3 rings (SSSR count). The van der Waals surface area contributed by atoms with Gasteiger partial charge in [0.2, 0.25) is 0 Å². The van der Waals surface area contributed by atoms with Crippen LogP contribution in [0.25, 0.3) is 0 Å². The lowest BCUT2D eigenvalue weighted by atomic mass is 10.1. The van der Waals surface area contributed by atoms with Crippen LogP contribution in [0.4, 0.5) is 8.78 Å². The van der Waals surface area contributed by atoms with Gasteiger partial charge in [-0.1, -0.05) is 84.5 Å². The Bertz CT molecular complexity index is 1470. The van der Waals surface area contributed by atoms with E-state index in [1.54, 1.807) is 0 Å². The van der Waals surface area contributed by atoms with Crippen molar-refractivity contribution in [1.82, 2.24) is 0 Å². The Morgan fingerprint density at radius 3 is 1.63 bits per heavy atom. The molecule has 0 aliphatic heterocycles. The van der Waals surface area contributed by atoms with Crippen molar-refractivity contribution >= 4 is 17.9 Å². The summed E-state index contributed by atoms with van der Waals surface area (Å²) >= 11 is 0. The van der Waals surface area contributed by atoms with E-state index in [-0.39, 0.29) is 28.7 Å². The fourth-order valence-corrected chi connectivity index (χ4v) is 5.20. The van der Waals surface area contributed by atoms with Gasteiger partial charge in [0.05, 0.1) is 29.4 Å². The summed E-state index contributed by atoms with van der Waals surface area (Å²) in [5.41, 5.74) is 0.0651. The Morgan fingerprint density at radius 1 is 0.571 bits per heavy atom. The van der Waals surface area contributed by atoms with Crippen LogP contribution in [0.5, 0.6) is 17.2 Å². The Hall–Kier alpha value is -4.27. The standard InChI is InChI=1S/C40H50F2O7/c1-4-6-8-10-11-12-13-14-16-26-46-36-24-20-32(27-34(36)41)40(45)49-37-25-21-31(28-35(37)42)39(44)48-33-22-18-30(19-23-33)38(43)47-29(3)17-15-9-7-5-2/h18-25,27-29H,4-17,26H2,1-3H3/t29-/m1/s1. The zero-order valence-electron chi connectivity index (χ0n) is 29.1. The number of rotatable bonds is 22. The number of carbonyl (C=O) groups is 3. The van der Waals surface area contributed by atoms with Crippen LogP contribution in [-0.2, 0) is 4.74 Å². The fourth-order valence-electron chi connectivity index (χ4n) is 5.20. The smallest absolute Gasteiger partial charge is 0.343 e. The Balaban J connectivity index is 1.44. The molecule has 3 aromatic carbocycles. The van der Waals surface area contributed by atoms with E-state index in [0.29, 0.717) is 12.2 Å². The highest BCUT2D eigenvalue weighted by Gasteiger charge is 2.18. The van der Waals surface area contributed by atoms with Crippen LogP contribution in [0.1, 0.15) is 142 Å². The first-order valence-corrected chi connectivity index (χ1v) is 17.7. The monoisotopic (exact) mass is 680 g/mol. The zero-order valence-corrected chi connectivity index (χ0v) is 29.1. The predicted octanol–water partition coefficient (Wildman–Crippen LogP) is 10.8. The van der Waals surface area contributed by atoms with E-state index < -0.39 is 35.3 Å². The second kappa shape index (κ2) is 21.6. The average Bonchev–Trinajstić information content (AvgIpc) is 3.09. The molecule has 0 radical (unpaired) electrons. The fraction of sp³-hybridized carbons (Fsp3) is 0.475. The minimum absolute atomic E-state index is 0.0301. The number of hydrogen-bond donors (Lipinski definition) is 0. The summed E-state index contributed by atoms with van der Waals surface area (Å²) in [6, 6.07) is 12.8. The quantitative estimate of drug-likeness (QED) is 0.0593. The maximum absolute atomic E-state index is 14.8. The van der Waals surface area contributed by atoms with Crippen LogP contribution < -0.4 is 14.2 Å². The van der Waals surface area contributed by atoms with E-state index in [1.165, 1.54) is 81.0 Å². The Kier molecular flexibility index (Phi) is 17.3. The molecule has 0 saturated carbocycles. The van der Waals surface area contributed by atoms with Crippen molar-refractivity contribution < 1.29 is 42.1 Å². The third-order valence-electron chi connectivity index (χ3n) is 8.12. The molecule has 0 aliphatic carbocycles. The summed E-state index contributed by atoms with van der Waals surface area (Å²) in [6.07, 6.45) is 15.4. The third-order valence-corrected chi connectivity index (χ3v) is 8.12. The average molecular weight is 681 g/mol. The highest BCUT2D eigenvalue weighted by Crippen LogP contribution is 2.24. The lowest BCUT2D eigenvalue weighted by Crippen LogP contribution is -2.15. The van der Waals surface area contributed by atoms with Gasteiger partial charge in [0, 0.05) is 0 Å². The Labute approximate surface area is 289 Å². The molecule has 0 saturated heterocycles. The number of benzene rings is 3. The molecule has 49 heavy (non-hydrogen) atoms. The van der Waals surface area contributed by atoms with Crippen LogP contribution in [0.2, 0.25) is 0 Å². The molecule has 0 spiro atoms. The van der Waals surface area contributed by atoms with Gasteiger partial charge < -0.3 is 18.9 Å². The number of esters is 3. The summed E-state index contributed by atoms with van der Waals surface area (Å²) in [7, 11) is 0. The first-order chi connectivity index (χ1) is 23.7. The number of unbranched alkanes of at least 4 members (excludes halogenated alkanes) is 11. The SMILES string of the molecule is CCCCCCCCCCCOc1ccc(C(=O)Oc2ccc(C(=O)Oc3ccc(C(=O)O[C@H](C)CCCCCC)cc3)cc2F)cc1F. The molecule has 0 fully saturated rings. The molecule has 0 heterocycles. The van der Waals surface area contributed by atoms with Gasteiger partial charge in [-0.05, 0) is 86.8 Å².